The third-order valence-electron chi connectivity index (χ3n) is 4.69. The molecule has 8 nitrogen and oxygen atoms in total. The molecule has 10 heteroatoms. The van der Waals surface area contributed by atoms with Gasteiger partial charge in [-0.1, -0.05) is 5.16 Å². The van der Waals surface area contributed by atoms with Crippen LogP contribution in [0.2, 0.25) is 0 Å². The van der Waals surface area contributed by atoms with Gasteiger partial charge in [0.25, 0.3) is 0 Å². The predicted octanol–water partition coefficient (Wildman–Crippen LogP) is 1.98. The summed E-state index contributed by atoms with van der Waals surface area (Å²) >= 11 is 3.31. The van der Waals surface area contributed by atoms with Crippen molar-refractivity contribution in [2.75, 3.05) is 0 Å². The van der Waals surface area contributed by atoms with Crippen LogP contribution in [0.15, 0.2) is 37.0 Å². The van der Waals surface area contributed by atoms with E-state index >= 15 is 0 Å². The van der Waals surface area contributed by atoms with Gasteiger partial charge in [-0.2, -0.15) is 0 Å². The topological polar surface area (TPSA) is 99.1 Å². The molecule has 1 saturated carbocycles. The first kappa shape index (κ1) is 17.5. The molecule has 3 aromatic rings. The van der Waals surface area contributed by atoms with Crippen LogP contribution in [0.25, 0.3) is 11.0 Å². The van der Waals surface area contributed by atoms with E-state index in [1.165, 1.54) is 15.2 Å². The molecule has 4 rings (SSSR count). The van der Waals surface area contributed by atoms with E-state index in [1.807, 2.05) is 0 Å². The van der Waals surface area contributed by atoms with Crippen LogP contribution in [0.5, 0.6) is 0 Å². The van der Waals surface area contributed by atoms with Gasteiger partial charge in [-0.05, 0) is 40.9 Å². The summed E-state index contributed by atoms with van der Waals surface area (Å²) in [6, 6.07) is 3.14. The first-order chi connectivity index (χ1) is 12.3. The molecule has 0 amide bonds. The van der Waals surface area contributed by atoms with E-state index in [0.29, 0.717) is 21.4 Å². The van der Waals surface area contributed by atoms with Crippen molar-refractivity contribution in [2.24, 2.45) is 14.1 Å². The third kappa shape index (κ3) is 2.81. The number of rotatable bonds is 5. The number of aryl methyl sites for hydroxylation is 2. The maximum Gasteiger partial charge on any atom is 0.328 e. The standard InChI is InChI=1S/C16H17BrN4O4S/c1-20-12-5-11(17)14(6-13(12)21(2)16(20)22)26(23,24)19-8-10-7-18-25-15(10)9-3-4-9/h5-7,9,19H,3-4,8H2,1-2H3. The van der Waals surface area contributed by atoms with Crippen molar-refractivity contribution >= 4 is 37.0 Å². The normalized spacial score (nSPS) is 15.0. The Morgan fingerprint density at radius 1 is 1.27 bits per heavy atom. The maximum absolute atomic E-state index is 12.8. The van der Waals surface area contributed by atoms with Crippen LogP contribution in [0, 0.1) is 0 Å². The lowest BCUT2D eigenvalue weighted by molar-refractivity contribution is 0.382. The van der Waals surface area contributed by atoms with Crippen molar-refractivity contribution in [3.63, 3.8) is 0 Å². The predicted molar refractivity (Wildman–Crippen MR) is 98.4 cm³/mol. The molecule has 0 aliphatic heterocycles. The highest BCUT2D eigenvalue weighted by molar-refractivity contribution is 9.10. The first-order valence-electron chi connectivity index (χ1n) is 8.07. The molecule has 2 aromatic heterocycles. The van der Waals surface area contributed by atoms with Crippen molar-refractivity contribution in [3.8, 4) is 0 Å². The van der Waals surface area contributed by atoms with E-state index in [9.17, 15) is 13.2 Å². The Morgan fingerprint density at radius 3 is 2.58 bits per heavy atom. The van der Waals surface area contributed by atoms with Gasteiger partial charge in [-0.25, -0.2) is 17.9 Å². The van der Waals surface area contributed by atoms with E-state index in [2.05, 4.69) is 25.8 Å². The molecule has 2 heterocycles. The van der Waals surface area contributed by atoms with Gasteiger partial charge < -0.3 is 4.52 Å². The summed E-state index contributed by atoms with van der Waals surface area (Å²) in [5.74, 6) is 1.10. The lowest BCUT2D eigenvalue weighted by Crippen LogP contribution is -2.24. The average Bonchev–Trinajstić information content (AvgIpc) is 3.30. The van der Waals surface area contributed by atoms with E-state index in [4.69, 9.17) is 4.52 Å². The van der Waals surface area contributed by atoms with Crippen LogP contribution in [-0.2, 0) is 30.7 Å². The minimum Gasteiger partial charge on any atom is -0.361 e. The number of hydrogen-bond acceptors (Lipinski definition) is 5. The summed E-state index contributed by atoms with van der Waals surface area (Å²) < 4.78 is 36.7. The highest BCUT2D eigenvalue weighted by atomic mass is 79.9. The van der Waals surface area contributed by atoms with Crippen molar-refractivity contribution in [1.82, 2.24) is 19.0 Å². The van der Waals surface area contributed by atoms with Gasteiger partial charge in [-0.3, -0.25) is 9.13 Å². The molecule has 26 heavy (non-hydrogen) atoms. The van der Waals surface area contributed by atoms with Crippen LogP contribution >= 0.6 is 15.9 Å². The molecule has 0 saturated heterocycles. The lowest BCUT2D eigenvalue weighted by atomic mass is 10.2. The number of imidazole rings is 1. The van der Waals surface area contributed by atoms with Gasteiger partial charge in [-0.15, -0.1) is 0 Å². The number of nitrogens with one attached hydrogen (secondary N) is 1. The van der Waals surface area contributed by atoms with Crippen LogP contribution in [0.4, 0.5) is 0 Å². The first-order valence-corrected chi connectivity index (χ1v) is 10.4. The van der Waals surface area contributed by atoms with Crippen molar-refractivity contribution in [1.29, 1.82) is 0 Å². The van der Waals surface area contributed by atoms with E-state index < -0.39 is 10.0 Å². The third-order valence-corrected chi connectivity index (χ3v) is 7.05. The van der Waals surface area contributed by atoms with Gasteiger partial charge in [0.05, 0.1) is 22.1 Å². The number of hydrogen-bond donors (Lipinski definition) is 1. The van der Waals surface area contributed by atoms with Gasteiger partial charge in [0.1, 0.15) is 5.76 Å². The maximum atomic E-state index is 12.8. The molecule has 138 valence electrons. The summed E-state index contributed by atoms with van der Waals surface area (Å²) in [5.41, 5.74) is 1.73. The fraction of sp³-hybridized carbons (Fsp3) is 0.375. The average molecular weight is 441 g/mol. The second kappa shape index (κ2) is 6.07. The number of sulfonamides is 1. The van der Waals surface area contributed by atoms with E-state index in [-0.39, 0.29) is 17.1 Å². The lowest BCUT2D eigenvalue weighted by Gasteiger charge is -2.09. The Balaban J connectivity index is 1.69. The molecule has 0 bridgehead atoms. The summed E-state index contributed by atoms with van der Waals surface area (Å²) in [6.45, 7) is 0.107. The van der Waals surface area contributed by atoms with E-state index in [1.54, 1.807) is 26.4 Å². The zero-order valence-corrected chi connectivity index (χ0v) is 16.6. The number of fused-ring (bicyclic) bond motifs is 1. The minimum atomic E-state index is -3.79. The number of benzene rings is 1. The molecule has 1 N–H and O–H groups in total. The number of nitrogens with zero attached hydrogens (tertiary/aromatic N) is 3. The zero-order chi connectivity index (χ0) is 18.6. The Morgan fingerprint density at radius 2 is 1.92 bits per heavy atom. The highest BCUT2D eigenvalue weighted by Gasteiger charge is 2.30. The Bertz CT molecular complexity index is 1170. The molecule has 1 fully saturated rings. The van der Waals surface area contributed by atoms with E-state index in [0.717, 1.165) is 24.2 Å². The molecular formula is C16H17BrN4O4S. The molecule has 0 unspecified atom stereocenters. The number of halogens is 1. The van der Waals surface area contributed by atoms with Crippen LogP contribution in [0.3, 0.4) is 0 Å². The van der Waals surface area contributed by atoms with Crippen LogP contribution in [0.1, 0.15) is 30.1 Å². The van der Waals surface area contributed by atoms with Crippen LogP contribution in [-0.4, -0.2) is 22.7 Å². The van der Waals surface area contributed by atoms with Crippen molar-refractivity contribution < 1.29 is 12.9 Å². The Labute approximate surface area is 158 Å². The second-order valence-corrected chi connectivity index (χ2v) is 9.08. The zero-order valence-electron chi connectivity index (χ0n) is 14.2. The second-order valence-electron chi connectivity index (χ2n) is 6.49. The fourth-order valence-corrected chi connectivity index (χ4v) is 5.10. The molecule has 1 aliphatic rings. The van der Waals surface area contributed by atoms with Gasteiger partial charge in [0.2, 0.25) is 10.0 Å². The van der Waals surface area contributed by atoms with Crippen molar-refractivity contribution in [3.05, 3.63) is 44.6 Å². The summed E-state index contributed by atoms with van der Waals surface area (Å²) in [7, 11) is -0.532. The monoisotopic (exact) mass is 440 g/mol. The van der Waals surface area contributed by atoms with Crippen LogP contribution < -0.4 is 10.4 Å². The fourth-order valence-electron chi connectivity index (χ4n) is 3.04. The van der Waals surface area contributed by atoms with Gasteiger partial charge in [0.15, 0.2) is 0 Å². The molecule has 1 aromatic carbocycles. The summed E-state index contributed by atoms with van der Waals surface area (Å²) in [4.78, 5) is 12.2. The molecule has 0 spiro atoms. The SMILES string of the molecule is Cn1c(=O)n(C)c2cc(S(=O)(=O)NCc3cnoc3C3CC3)c(Br)cc21. The molecule has 0 atom stereocenters. The largest absolute Gasteiger partial charge is 0.361 e. The smallest absolute Gasteiger partial charge is 0.328 e. The number of aromatic nitrogens is 3. The van der Waals surface area contributed by atoms with Gasteiger partial charge >= 0.3 is 5.69 Å². The van der Waals surface area contributed by atoms with Gasteiger partial charge in [0, 0.05) is 36.6 Å². The van der Waals surface area contributed by atoms with Crippen molar-refractivity contribution in [2.45, 2.75) is 30.2 Å². The summed E-state index contributed by atoms with van der Waals surface area (Å²) in [6.07, 6.45) is 3.63. The summed E-state index contributed by atoms with van der Waals surface area (Å²) in [5, 5.41) is 3.78. The molecular weight excluding hydrogens is 424 g/mol. The highest BCUT2D eigenvalue weighted by Crippen LogP contribution is 2.41. The molecule has 0 radical (unpaired) electrons. The Kier molecular flexibility index (Phi) is 4.08. The minimum absolute atomic E-state index is 0.0793. The Hall–Kier alpha value is -1.91. The quantitative estimate of drug-likeness (QED) is 0.653. The molecule has 1 aliphatic carbocycles.